The van der Waals surface area contributed by atoms with Crippen LogP contribution in [-0.4, -0.2) is 22.7 Å². The number of benzene rings is 1. The van der Waals surface area contributed by atoms with E-state index in [1.807, 2.05) is 11.8 Å². The quantitative estimate of drug-likeness (QED) is 0.830. The van der Waals surface area contributed by atoms with Gasteiger partial charge in [0.05, 0.1) is 5.54 Å². The van der Waals surface area contributed by atoms with Crippen LogP contribution in [0, 0.1) is 0 Å². The van der Waals surface area contributed by atoms with Crippen molar-refractivity contribution < 1.29 is 4.79 Å². The molecule has 0 spiro atoms. The van der Waals surface area contributed by atoms with Crippen LogP contribution in [0.15, 0.2) is 33.6 Å². The number of hydrogen-bond acceptors (Lipinski definition) is 3. The summed E-state index contributed by atoms with van der Waals surface area (Å²) in [6.45, 7) is 4.13. The van der Waals surface area contributed by atoms with Gasteiger partial charge in [0, 0.05) is 20.7 Å². The molecule has 1 saturated carbocycles. The largest absolute Gasteiger partial charge is 0.368 e. The van der Waals surface area contributed by atoms with Gasteiger partial charge in [0.2, 0.25) is 5.91 Å². The molecule has 0 bridgehead atoms. The molecular formula is C16H23BrN2OS. The third kappa shape index (κ3) is 4.47. The van der Waals surface area contributed by atoms with Gasteiger partial charge in [-0.15, -0.1) is 11.8 Å². The van der Waals surface area contributed by atoms with Gasteiger partial charge in [0.15, 0.2) is 0 Å². The predicted octanol–water partition coefficient (Wildman–Crippen LogP) is 3.71. The van der Waals surface area contributed by atoms with Crippen molar-refractivity contribution >= 4 is 33.6 Å². The first kappa shape index (κ1) is 16.8. The maximum atomic E-state index is 12.0. The Morgan fingerprint density at radius 2 is 2.10 bits per heavy atom. The van der Waals surface area contributed by atoms with Crippen LogP contribution in [0.5, 0.6) is 0 Å². The maximum Gasteiger partial charge on any atom is 0.237 e. The second-order valence-electron chi connectivity index (χ2n) is 6.04. The maximum absolute atomic E-state index is 12.0. The van der Waals surface area contributed by atoms with Crippen LogP contribution in [0.4, 0.5) is 0 Å². The minimum absolute atomic E-state index is 0.211. The Hall–Kier alpha value is -0.520. The first-order chi connectivity index (χ1) is 9.91. The molecule has 0 saturated heterocycles. The standard InChI is InChI=1S/C16H23BrN2OS/c1-11(2)19-16(15(18)20)9-3-4-14(10-16)21-13-7-5-12(17)6-8-13/h5-8,11,14,19H,3-4,9-10H2,1-2H3,(H2,18,20). The Kier molecular flexibility index (Phi) is 5.74. The summed E-state index contributed by atoms with van der Waals surface area (Å²) in [7, 11) is 0. The summed E-state index contributed by atoms with van der Waals surface area (Å²) in [5, 5.41) is 3.85. The van der Waals surface area contributed by atoms with Crippen LogP contribution in [-0.2, 0) is 4.79 Å². The number of carbonyl (C=O) groups excluding carboxylic acids is 1. The smallest absolute Gasteiger partial charge is 0.237 e. The molecule has 116 valence electrons. The predicted molar refractivity (Wildman–Crippen MR) is 92.5 cm³/mol. The second kappa shape index (κ2) is 7.16. The Bertz CT molecular complexity index is 492. The van der Waals surface area contributed by atoms with Crippen LogP contribution in [0.2, 0.25) is 0 Å². The van der Waals surface area contributed by atoms with Gasteiger partial charge in [-0.25, -0.2) is 0 Å². The molecule has 2 atom stereocenters. The molecule has 21 heavy (non-hydrogen) atoms. The van der Waals surface area contributed by atoms with Gasteiger partial charge in [-0.1, -0.05) is 15.9 Å². The second-order valence-corrected chi connectivity index (χ2v) is 8.32. The van der Waals surface area contributed by atoms with E-state index in [1.165, 1.54) is 4.90 Å². The summed E-state index contributed by atoms with van der Waals surface area (Å²) in [5.74, 6) is -0.211. The molecule has 0 heterocycles. The summed E-state index contributed by atoms with van der Waals surface area (Å²) < 4.78 is 1.09. The third-order valence-electron chi connectivity index (χ3n) is 3.86. The van der Waals surface area contributed by atoms with Gasteiger partial charge in [0.1, 0.15) is 0 Å². The molecule has 2 unspecified atom stereocenters. The first-order valence-corrected chi connectivity index (χ1v) is 9.08. The molecule has 1 aromatic carbocycles. The lowest BCUT2D eigenvalue weighted by atomic mass is 9.80. The number of thioether (sulfide) groups is 1. The molecule has 0 aromatic heterocycles. The number of hydrogen-bond donors (Lipinski definition) is 2. The van der Waals surface area contributed by atoms with Crippen LogP contribution >= 0.6 is 27.7 Å². The van der Waals surface area contributed by atoms with Crippen molar-refractivity contribution in [2.45, 2.75) is 61.3 Å². The molecule has 1 aliphatic rings. The van der Waals surface area contributed by atoms with E-state index in [0.717, 1.165) is 30.2 Å². The van der Waals surface area contributed by atoms with Crippen LogP contribution < -0.4 is 11.1 Å². The summed E-state index contributed by atoms with van der Waals surface area (Å²) in [6, 6.07) is 8.60. The van der Waals surface area contributed by atoms with E-state index in [2.05, 4.69) is 59.4 Å². The topological polar surface area (TPSA) is 55.1 Å². The summed E-state index contributed by atoms with van der Waals surface area (Å²) >= 11 is 5.31. The van der Waals surface area contributed by atoms with Gasteiger partial charge < -0.3 is 11.1 Å². The van der Waals surface area contributed by atoms with Gasteiger partial charge in [0.25, 0.3) is 0 Å². The molecule has 1 aromatic rings. The molecular weight excluding hydrogens is 348 g/mol. The Labute approximate surface area is 139 Å². The van der Waals surface area contributed by atoms with Crippen molar-refractivity contribution in [2.24, 2.45) is 5.73 Å². The molecule has 0 radical (unpaired) electrons. The minimum atomic E-state index is -0.542. The number of amides is 1. The highest BCUT2D eigenvalue weighted by Crippen LogP contribution is 2.38. The number of rotatable bonds is 5. The summed E-state index contributed by atoms with van der Waals surface area (Å²) in [5.41, 5.74) is 5.17. The summed E-state index contributed by atoms with van der Waals surface area (Å²) in [4.78, 5) is 13.2. The van der Waals surface area contributed by atoms with E-state index in [0.29, 0.717) is 5.25 Å². The Balaban J connectivity index is 2.08. The zero-order valence-electron chi connectivity index (χ0n) is 12.6. The van der Waals surface area contributed by atoms with Crippen LogP contribution in [0.1, 0.15) is 39.5 Å². The van der Waals surface area contributed by atoms with Gasteiger partial charge in [-0.2, -0.15) is 0 Å². The fourth-order valence-electron chi connectivity index (χ4n) is 3.01. The van der Waals surface area contributed by atoms with Gasteiger partial charge >= 0.3 is 0 Å². The molecule has 2 rings (SSSR count). The van der Waals surface area contributed by atoms with E-state index in [1.54, 1.807) is 0 Å². The Morgan fingerprint density at radius 3 is 2.67 bits per heavy atom. The average Bonchev–Trinajstić information content (AvgIpc) is 2.41. The van der Waals surface area contributed by atoms with Crippen molar-refractivity contribution in [1.82, 2.24) is 5.32 Å². The molecule has 1 fully saturated rings. The Morgan fingerprint density at radius 1 is 1.43 bits per heavy atom. The zero-order valence-corrected chi connectivity index (χ0v) is 15.0. The van der Waals surface area contributed by atoms with E-state index in [9.17, 15) is 4.79 Å². The molecule has 5 heteroatoms. The third-order valence-corrected chi connectivity index (χ3v) is 5.67. The van der Waals surface area contributed by atoms with Crippen molar-refractivity contribution in [3.63, 3.8) is 0 Å². The molecule has 0 aliphatic heterocycles. The first-order valence-electron chi connectivity index (χ1n) is 7.41. The molecule has 1 amide bonds. The van der Waals surface area contributed by atoms with E-state index < -0.39 is 5.54 Å². The number of carbonyl (C=O) groups is 1. The fraction of sp³-hybridized carbons (Fsp3) is 0.562. The highest BCUT2D eigenvalue weighted by atomic mass is 79.9. The van der Waals surface area contributed by atoms with Crippen molar-refractivity contribution in [3.8, 4) is 0 Å². The lowest BCUT2D eigenvalue weighted by Crippen LogP contribution is -2.60. The van der Waals surface area contributed by atoms with E-state index in [4.69, 9.17) is 5.73 Å². The van der Waals surface area contributed by atoms with E-state index in [-0.39, 0.29) is 11.9 Å². The van der Waals surface area contributed by atoms with Crippen molar-refractivity contribution in [3.05, 3.63) is 28.7 Å². The highest BCUT2D eigenvalue weighted by molar-refractivity contribution is 9.10. The van der Waals surface area contributed by atoms with Crippen molar-refractivity contribution in [2.75, 3.05) is 0 Å². The normalized spacial score (nSPS) is 26.0. The number of nitrogens with one attached hydrogen (secondary N) is 1. The zero-order chi connectivity index (χ0) is 15.5. The minimum Gasteiger partial charge on any atom is -0.368 e. The molecule has 3 nitrogen and oxygen atoms in total. The van der Waals surface area contributed by atoms with Gasteiger partial charge in [-0.3, -0.25) is 4.79 Å². The number of primary amides is 1. The number of nitrogens with two attached hydrogens (primary N) is 1. The lowest BCUT2D eigenvalue weighted by Gasteiger charge is -2.40. The lowest BCUT2D eigenvalue weighted by molar-refractivity contribution is -0.126. The molecule has 3 N–H and O–H groups in total. The SMILES string of the molecule is CC(C)NC1(C(N)=O)CCCC(Sc2ccc(Br)cc2)C1. The van der Waals surface area contributed by atoms with Crippen LogP contribution in [0.25, 0.3) is 0 Å². The van der Waals surface area contributed by atoms with Crippen LogP contribution in [0.3, 0.4) is 0 Å². The fourth-order valence-corrected chi connectivity index (χ4v) is 4.60. The summed E-state index contributed by atoms with van der Waals surface area (Å²) in [6.07, 6.45) is 3.82. The van der Waals surface area contributed by atoms with Crippen molar-refractivity contribution in [1.29, 1.82) is 0 Å². The highest BCUT2D eigenvalue weighted by Gasteiger charge is 2.41. The van der Waals surface area contributed by atoms with Gasteiger partial charge in [-0.05, 0) is 63.8 Å². The van der Waals surface area contributed by atoms with E-state index >= 15 is 0 Å². The average molecular weight is 371 g/mol. The monoisotopic (exact) mass is 370 g/mol. The molecule has 1 aliphatic carbocycles. The number of halogens is 1.